The molecule has 0 unspecified atom stereocenters. The van der Waals surface area contributed by atoms with Crippen LogP contribution in [0.2, 0.25) is 0 Å². The fourth-order valence-electron chi connectivity index (χ4n) is 4.68. The molecule has 0 saturated heterocycles. The first-order chi connectivity index (χ1) is 18.0. The Hall–Kier alpha value is -1.44. The van der Waals surface area contributed by atoms with Gasteiger partial charge in [0.15, 0.2) is 0 Å². The van der Waals surface area contributed by atoms with Gasteiger partial charge in [0.2, 0.25) is 0 Å². The van der Waals surface area contributed by atoms with Crippen LogP contribution in [-0.4, -0.2) is 32.6 Å². The van der Waals surface area contributed by atoms with Crippen molar-refractivity contribution >= 4 is 16.1 Å². The minimum atomic E-state index is -3.64. The predicted molar refractivity (Wildman–Crippen MR) is 159 cm³/mol. The van der Waals surface area contributed by atoms with Crippen molar-refractivity contribution in [1.29, 1.82) is 0 Å². The van der Waals surface area contributed by atoms with E-state index in [4.69, 9.17) is 15.0 Å². The zero-order chi connectivity index (χ0) is 29.0. The van der Waals surface area contributed by atoms with Gasteiger partial charge in [0.25, 0.3) is 10.1 Å². The lowest BCUT2D eigenvalue weighted by Gasteiger charge is -2.19. The highest BCUT2D eigenvalue weighted by atomic mass is 32.2. The first kappa shape index (κ1) is 36.6. The molecule has 1 aromatic rings. The molecule has 0 saturated carbocycles. The Bertz CT molecular complexity index is 825. The zero-order valence-electron chi connectivity index (χ0n) is 25.1. The van der Waals surface area contributed by atoms with Crippen LogP contribution < -0.4 is 5.73 Å². The molecule has 1 aromatic carbocycles. The third kappa shape index (κ3) is 18.0. The minimum absolute atomic E-state index is 0.152. The molecule has 0 aromatic heterocycles. The normalized spacial score (nSPS) is 14.7. The van der Waals surface area contributed by atoms with Crippen molar-refractivity contribution in [2.24, 2.45) is 29.4 Å². The van der Waals surface area contributed by atoms with Crippen molar-refractivity contribution in [3.8, 4) is 0 Å². The van der Waals surface area contributed by atoms with Gasteiger partial charge in [0.05, 0.1) is 11.5 Å². The quantitative estimate of drug-likeness (QED) is 0.125. The molecule has 38 heavy (non-hydrogen) atoms. The van der Waals surface area contributed by atoms with Gasteiger partial charge in [-0.1, -0.05) is 110 Å². The van der Waals surface area contributed by atoms with E-state index in [1.807, 2.05) is 6.92 Å². The molecule has 0 heterocycles. The fourth-order valence-corrected chi connectivity index (χ4v) is 5.66. The van der Waals surface area contributed by atoms with Gasteiger partial charge in [-0.15, -0.1) is 0 Å². The fraction of sp³-hybridized carbons (Fsp3) is 0.774. The highest BCUT2D eigenvalue weighted by Crippen LogP contribution is 2.23. The van der Waals surface area contributed by atoms with Crippen LogP contribution >= 0.6 is 0 Å². The minimum Gasteiger partial charge on any atom is -0.481 e. The molecule has 3 N–H and O–H groups in total. The Labute approximate surface area is 234 Å². The van der Waals surface area contributed by atoms with Crippen molar-refractivity contribution in [1.82, 2.24) is 0 Å². The number of rotatable bonds is 20. The van der Waals surface area contributed by atoms with E-state index in [0.717, 1.165) is 24.8 Å². The number of hydrogen-bond donors (Lipinski definition) is 2. The first-order valence-electron chi connectivity index (χ1n) is 14.9. The lowest BCUT2D eigenvalue weighted by molar-refractivity contribution is -0.138. The molecule has 0 fully saturated rings. The van der Waals surface area contributed by atoms with Crippen LogP contribution in [0, 0.1) is 30.6 Å². The predicted octanol–water partition coefficient (Wildman–Crippen LogP) is 7.98. The standard InChI is InChI=1S/C19H32O3S.C12H25NO2/c1-5-7-8-9-17(4)14-18(6-2)15-22-23(20,21)19-12-10-16(3)11-13-19;1-3-4-5-6-10(2)7-11(9-13)8-12(14)15/h10-13,17-18H,5-9,14-15H2,1-4H3;10-11H,3-9,13H2,1-2H3,(H,14,15)/t17-,18-;10-,11+/m11/s1. The number of benzene rings is 1. The Morgan fingerprint density at radius 1 is 0.895 bits per heavy atom. The summed E-state index contributed by atoms with van der Waals surface area (Å²) >= 11 is 0. The number of aryl methyl sites for hydroxylation is 1. The molecule has 7 heteroatoms. The van der Waals surface area contributed by atoms with Crippen LogP contribution in [-0.2, 0) is 19.1 Å². The van der Waals surface area contributed by atoms with Gasteiger partial charge in [0, 0.05) is 6.42 Å². The number of nitrogens with two attached hydrogens (primary N) is 1. The first-order valence-corrected chi connectivity index (χ1v) is 16.3. The Morgan fingerprint density at radius 3 is 1.82 bits per heavy atom. The van der Waals surface area contributed by atoms with E-state index in [-0.39, 0.29) is 23.8 Å². The van der Waals surface area contributed by atoms with Crippen molar-refractivity contribution < 1.29 is 22.5 Å². The third-order valence-electron chi connectivity index (χ3n) is 7.21. The summed E-state index contributed by atoms with van der Waals surface area (Å²) in [5.41, 5.74) is 6.60. The van der Waals surface area contributed by atoms with Gasteiger partial charge < -0.3 is 10.8 Å². The number of hydrogen-bond acceptors (Lipinski definition) is 5. The molecule has 222 valence electrons. The largest absolute Gasteiger partial charge is 0.481 e. The molecule has 0 radical (unpaired) electrons. The van der Waals surface area contributed by atoms with E-state index >= 15 is 0 Å². The lowest BCUT2D eigenvalue weighted by atomic mass is 9.90. The maximum atomic E-state index is 12.2. The van der Waals surface area contributed by atoms with E-state index in [1.54, 1.807) is 24.3 Å². The Morgan fingerprint density at radius 2 is 1.39 bits per heavy atom. The second-order valence-corrected chi connectivity index (χ2v) is 12.8. The van der Waals surface area contributed by atoms with E-state index < -0.39 is 16.1 Å². The van der Waals surface area contributed by atoms with Crippen molar-refractivity contribution in [2.75, 3.05) is 13.2 Å². The number of carboxylic acid groups (broad SMARTS) is 1. The molecule has 0 bridgehead atoms. The van der Waals surface area contributed by atoms with Crippen LogP contribution in [0.3, 0.4) is 0 Å². The summed E-state index contributed by atoms with van der Waals surface area (Å²) in [5.74, 6) is 0.943. The summed E-state index contributed by atoms with van der Waals surface area (Å²) in [7, 11) is -3.64. The highest BCUT2D eigenvalue weighted by molar-refractivity contribution is 7.86. The lowest BCUT2D eigenvalue weighted by Crippen LogP contribution is -2.20. The van der Waals surface area contributed by atoms with Crippen LogP contribution in [0.15, 0.2) is 29.2 Å². The molecule has 0 spiro atoms. The van der Waals surface area contributed by atoms with Gasteiger partial charge >= 0.3 is 5.97 Å². The topological polar surface area (TPSA) is 107 Å². The molecule has 6 nitrogen and oxygen atoms in total. The Kier molecular flexibility index (Phi) is 20.6. The van der Waals surface area contributed by atoms with Gasteiger partial charge in [-0.3, -0.25) is 8.98 Å². The molecule has 0 aliphatic carbocycles. The van der Waals surface area contributed by atoms with Gasteiger partial charge in [-0.2, -0.15) is 8.42 Å². The molecule has 1 rings (SSSR count). The molecule has 0 amide bonds. The number of carbonyl (C=O) groups is 1. The molecular weight excluding hydrogens is 498 g/mol. The average Bonchev–Trinajstić information content (AvgIpc) is 2.86. The van der Waals surface area contributed by atoms with E-state index in [2.05, 4.69) is 34.6 Å². The summed E-state index contributed by atoms with van der Waals surface area (Å²) in [6, 6.07) is 6.81. The monoisotopic (exact) mass is 555 g/mol. The maximum Gasteiger partial charge on any atom is 0.303 e. The second-order valence-electron chi connectivity index (χ2n) is 11.2. The summed E-state index contributed by atoms with van der Waals surface area (Å²) in [4.78, 5) is 10.8. The molecular formula is C31H57NO5S. The third-order valence-corrected chi connectivity index (χ3v) is 8.51. The van der Waals surface area contributed by atoms with Gasteiger partial charge in [-0.25, -0.2) is 0 Å². The van der Waals surface area contributed by atoms with E-state index in [9.17, 15) is 13.2 Å². The van der Waals surface area contributed by atoms with Crippen LogP contribution in [0.25, 0.3) is 0 Å². The number of aliphatic carboxylic acids is 1. The zero-order valence-corrected chi connectivity index (χ0v) is 25.9. The van der Waals surface area contributed by atoms with Crippen LogP contribution in [0.1, 0.15) is 117 Å². The average molecular weight is 556 g/mol. The van der Waals surface area contributed by atoms with E-state index in [0.29, 0.717) is 24.3 Å². The smallest absolute Gasteiger partial charge is 0.303 e. The SMILES string of the molecule is CCCCC[C@@H](C)C[C@@H](CC)COS(=O)(=O)c1ccc(C)cc1.CCCCC[C@@H](C)C[C@H](CN)CC(=O)O. The molecule has 0 aliphatic heterocycles. The van der Waals surface area contributed by atoms with Crippen molar-refractivity contribution in [3.63, 3.8) is 0 Å². The maximum absolute atomic E-state index is 12.2. The van der Waals surface area contributed by atoms with Crippen molar-refractivity contribution in [3.05, 3.63) is 29.8 Å². The van der Waals surface area contributed by atoms with Gasteiger partial charge in [0.1, 0.15) is 0 Å². The summed E-state index contributed by atoms with van der Waals surface area (Å²) in [6.07, 6.45) is 13.1. The highest BCUT2D eigenvalue weighted by Gasteiger charge is 2.19. The van der Waals surface area contributed by atoms with Crippen molar-refractivity contribution in [2.45, 2.75) is 123 Å². The summed E-state index contributed by atoms with van der Waals surface area (Å²) < 4.78 is 29.8. The summed E-state index contributed by atoms with van der Waals surface area (Å²) in [5, 5.41) is 8.69. The summed E-state index contributed by atoms with van der Waals surface area (Å²) in [6.45, 7) is 13.7. The Balaban J connectivity index is 0.000000793. The number of carboxylic acids is 1. The molecule has 4 atom stereocenters. The van der Waals surface area contributed by atoms with Crippen LogP contribution in [0.4, 0.5) is 0 Å². The molecule has 0 aliphatic rings. The number of unbranched alkanes of at least 4 members (excludes halogenated alkanes) is 4. The second kappa shape index (κ2) is 21.4. The van der Waals surface area contributed by atoms with E-state index in [1.165, 1.54) is 51.4 Å². The van der Waals surface area contributed by atoms with Crippen LogP contribution in [0.5, 0.6) is 0 Å². The van der Waals surface area contributed by atoms with Gasteiger partial charge in [-0.05, 0) is 62.1 Å².